The van der Waals surface area contributed by atoms with Gasteiger partial charge in [-0.2, -0.15) is 0 Å². The van der Waals surface area contributed by atoms with Crippen molar-refractivity contribution in [3.63, 3.8) is 0 Å². The molecule has 0 spiro atoms. The van der Waals surface area contributed by atoms with Gasteiger partial charge in [-0.15, -0.1) is 0 Å². The molecule has 0 bridgehead atoms. The van der Waals surface area contributed by atoms with Crippen LogP contribution >= 0.6 is 0 Å². The third kappa shape index (κ3) is 5.28. The van der Waals surface area contributed by atoms with Gasteiger partial charge in [0.05, 0.1) is 10.5 Å². The summed E-state index contributed by atoms with van der Waals surface area (Å²) in [5.74, 6) is -1.18. The lowest BCUT2D eigenvalue weighted by molar-refractivity contribution is 0.0697. The van der Waals surface area contributed by atoms with Crippen LogP contribution in [0.5, 0.6) is 0 Å². The lowest BCUT2D eigenvalue weighted by Crippen LogP contribution is -2.26. The quantitative estimate of drug-likeness (QED) is 0.562. The van der Waals surface area contributed by atoms with E-state index < -0.39 is 16.0 Å². The zero-order valence-corrected chi connectivity index (χ0v) is 13.6. The molecule has 0 fully saturated rings. The van der Waals surface area contributed by atoms with E-state index in [1.165, 1.54) is 12.1 Å². The number of benzene rings is 1. The number of sulfonamides is 1. The van der Waals surface area contributed by atoms with Gasteiger partial charge in [-0.1, -0.05) is 0 Å². The highest BCUT2D eigenvalue weighted by Crippen LogP contribution is 2.20. The van der Waals surface area contributed by atoms with Crippen molar-refractivity contribution in [3.05, 3.63) is 23.8 Å². The lowest BCUT2D eigenvalue weighted by atomic mass is 10.2. The van der Waals surface area contributed by atoms with Crippen LogP contribution in [-0.2, 0) is 14.8 Å². The zero-order chi connectivity index (χ0) is 16.6. The number of nitrogens with one attached hydrogen (secondary N) is 2. The summed E-state index contributed by atoms with van der Waals surface area (Å²) in [6.07, 6.45) is 0.550. The zero-order valence-electron chi connectivity index (χ0n) is 12.8. The van der Waals surface area contributed by atoms with Crippen LogP contribution in [0.25, 0.3) is 0 Å². The number of carbonyl (C=O) groups is 1. The van der Waals surface area contributed by atoms with E-state index in [4.69, 9.17) is 4.74 Å². The Labute approximate surface area is 130 Å². The minimum Gasteiger partial charge on any atom is -0.478 e. The van der Waals surface area contributed by atoms with E-state index in [0.717, 1.165) is 6.07 Å². The highest BCUT2D eigenvalue weighted by molar-refractivity contribution is 7.89. The molecular formula is C14H22N2O5S. The van der Waals surface area contributed by atoms with Crippen molar-refractivity contribution >= 4 is 21.7 Å². The second-order valence-electron chi connectivity index (χ2n) is 4.49. The van der Waals surface area contributed by atoms with Crippen molar-refractivity contribution in [1.29, 1.82) is 0 Å². The van der Waals surface area contributed by atoms with Crippen molar-refractivity contribution in [1.82, 2.24) is 4.72 Å². The Morgan fingerprint density at radius 3 is 2.64 bits per heavy atom. The van der Waals surface area contributed by atoms with E-state index in [-0.39, 0.29) is 17.0 Å². The van der Waals surface area contributed by atoms with Crippen molar-refractivity contribution in [2.24, 2.45) is 0 Å². The highest BCUT2D eigenvalue weighted by Gasteiger charge is 2.18. The molecule has 1 rings (SSSR count). The Hall–Kier alpha value is -1.64. The number of hydrogen-bond acceptors (Lipinski definition) is 5. The number of carboxylic acid groups (broad SMARTS) is 1. The molecule has 0 heterocycles. The van der Waals surface area contributed by atoms with E-state index >= 15 is 0 Å². The number of anilines is 1. The highest BCUT2D eigenvalue weighted by atomic mass is 32.2. The third-order valence-electron chi connectivity index (χ3n) is 2.86. The van der Waals surface area contributed by atoms with Gasteiger partial charge in [-0.25, -0.2) is 17.9 Å². The molecule has 0 amide bonds. The van der Waals surface area contributed by atoms with Gasteiger partial charge >= 0.3 is 5.97 Å². The summed E-state index contributed by atoms with van der Waals surface area (Å²) in [5.41, 5.74) is 0.323. The largest absolute Gasteiger partial charge is 0.478 e. The summed E-state index contributed by atoms with van der Waals surface area (Å²) in [6.45, 7) is 5.53. The minimum absolute atomic E-state index is 0.0667. The van der Waals surface area contributed by atoms with Gasteiger partial charge in [0.15, 0.2) is 0 Å². The summed E-state index contributed by atoms with van der Waals surface area (Å²) >= 11 is 0. The lowest BCUT2D eigenvalue weighted by Gasteiger charge is -2.11. The SMILES string of the molecule is CCNc1ccc(S(=O)(=O)NCCCOCC)cc1C(=O)O. The van der Waals surface area contributed by atoms with Crippen molar-refractivity contribution in [3.8, 4) is 0 Å². The Balaban J connectivity index is 2.86. The fourth-order valence-electron chi connectivity index (χ4n) is 1.82. The molecule has 0 unspecified atom stereocenters. The van der Waals surface area contributed by atoms with Gasteiger partial charge in [0.2, 0.25) is 10.0 Å². The topological polar surface area (TPSA) is 105 Å². The van der Waals surface area contributed by atoms with E-state index in [2.05, 4.69) is 10.0 Å². The van der Waals surface area contributed by atoms with Gasteiger partial charge in [0, 0.05) is 32.0 Å². The van der Waals surface area contributed by atoms with Crippen LogP contribution in [0.1, 0.15) is 30.6 Å². The van der Waals surface area contributed by atoms with Crippen molar-refractivity contribution < 1.29 is 23.1 Å². The molecule has 0 saturated carbocycles. The molecule has 0 radical (unpaired) electrons. The van der Waals surface area contributed by atoms with Crippen LogP contribution in [0, 0.1) is 0 Å². The molecule has 0 atom stereocenters. The van der Waals surface area contributed by atoms with Crippen LogP contribution in [0.4, 0.5) is 5.69 Å². The van der Waals surface area contributed by atoms with Crippen LogP contribution < -0.4 is 10.0 Å². The first-order valence-corrected chi connectivity index (χ1v) is 8.59. The van der Waals surface area contributed by atoms with E-state index in [0.29, 0.717) is 31.9 Å². The Kier molecular flexibility index (Phi) is 7.30. The molecule has 0 aliphatic rings. The van der Waals surface area contributed by atoms with Gasteiger partial charge in [-0.3, -0.25) is 0 Å². The maximum absolute atomic E-state index is 12.1. The molecule has 22 heavy (non-hydrogen) atoms. The van der Waals surface area contributed by atoms with E-state index in [1.807, 2.05) is 13.8 Å². The first kappa shape index (κ1) is 18.4. The predicted molar refractivity (Wildman–Crippen MR) is 83.9 cm³/mol. The molecule has 0 aliphatic carbocycles. The number of carboxylic acids is 1. The van der Waals surface area contributed by atoms with Crippen molar-refractivity contribution in [2.75, 3.05) is 31.6 Å². The molecule has 1 aromatic carbocycles. The van der Waals surface area contributed by atoms with E-state index in [9.17, 15) is 18.3 Å². The summed E-state index contributed by atoms with van der Waals surface area (Å²) in [7, 11) is -3.73. The van der Waals surface area contributed by atoms with Gasteiger partial charge < -0.3 is 15.2 Å². The van der Waals surface area contributed by atoms with Crippen molar-refractivity contribution in [2.45, 2.75) is 25.2 Å². The average Bonchev–Trinajstić information content (AvgIpc) is 2.47. The fraction of sp³-hybridized carbons (Fsp3) is 0.500. The number of ether oxygens (including phenoxy) is 1. The number of rotatable bonds is 10. The molecule has 124 valence electrons. The minimum atomic E-state index is -3.73. The van der Waals surface area contributed by atoms with Crippen LogP contribution in [0.2, 0.25) is 0 Å². The summed E-state index contributed by atoms with van der Waals surface area (Å²) in [5, 5.41) is 12.1. The maximum atomic E-state index is 12.1. The number of aromatic carboxylic acids is 1. The van der Waals surface area contributed by atoms with Gasteiger partial charge in [-0.05, 0) is 38.5 Å². The summed E-state index contributed by atoms with van der Waals surface area (Å²) in [4.78, 5) is 11.2. The molecule has 0 aliphatic heterocycles. The second-order valence-corrected chi connectivity index (χ2v) is 6.26. The molecule has 3 N–H and O–H groups in total. The predicted octanol–water partition coefficient (Wildman–Crippen LogP) is 1.52. The maximum Gasteiger partial charge on any atom is 0.337 e. The molecular weight excluding hydrogens is 308 g/mol. The summed E-state index contributed by atoms with van der Waals surface area (Å²) < 4.78 is 31.8. The van der Waals surface area contributed by atoms with Crippen LogP contribution in [0.3, 0.4) is 0 Å². The van der Waals surface area contributed by atoms with Crippen LogP contribution in [0.15, 0.2) is 23.1 Å². The monoisotopic (exact) mass is 330 g/mol. The Bertz CT molecular complexity index is 601. The average molecular weight is 330 g/mol. The standard InChI is InChI=1S/C14H22N2O5S/c1-3-15-13-7-6-11(10-12(13)14(17)18)22(19,20)16-8-5-9-21-4-2/h6-7,10,15-16H,3-5,8-9H2,1-2H3,(H,17,18). The molecule has 0 aromatic heterocycles. The summed E-state index contributed by atoms with van der Waals surface area (Å²) in [6, 6.07) is 4.00. The van der Waals surface area contributed by atoms with Gasteiger partial charge in [0.25, 0.3) is 0 Å². The normalized spacial score (nSPS) is 11.4. The number of hydrogen-bond donors (Lipinski definition) is 3. The third-order valence-corrected chi connectivity index (χ3v) is 4.32. The smallest absolute Gasteiger partial charge is 0.337 e. The van der Waals surface area contributed by atoms with Crippen LogP contribution in [-0.4, -0.2) is 45.8 Å². The molecule has 7 nitrogen and oxygen atoms in total. The Morgan fingerprint density at radius 2 is 2.05 bits per heavy atom. The first-order chi connectivity index (χ1) is 10.4. The van der Waals surface area contributed by atoms with E-state index in [1.54, 1.807) is 0 Å². The molecule has 0 saturated heterocycles. The second kappa shape index (κ2) is 8.72. The molecule has 1 aromatic rings. The molecule has 8 heteroatoms. The Morgan fingerprint density at radius 1 is 1.32 bits per heavy atom. The van der Waals surface area contributed by atoms with Gasteiger partial charge in [0.1, 0.15) is 0 Å². The first-order valence-electron chi connectivity index (χ1n) is 7.11. The fourth-order valence-corrected chi connectivity index (χ4v) is 2.92.